The highest BCUT2D eigenvalue weighted by Crippen LogP contribution is 2.33. The summed E-state index contributed by atoms with van der Waals surface area (Å²) in [6.45, 7) is 5.21. The number of imide groups is 1. The van der Waals surface area contributed by atoms with Gasteiger partial charge in [0.15, 0.2) is 5.82 Å². The highest BCUT2D eigenvalue weighted by Gasteiger charge is 2.35. The molecule has 1 atom stereocenters. The minimum absolute atomic E-state index is 0.113. The van der Waals surface area contributed by atoms with Crippen molar-refractivity contribution in [2.24, 2.45) is 0 Å². The molecule has 4 N–H and O–H groups in total. The lowest BCUT2D eigenvalue weighted by Crippen LogP contribution is -2.51. The maximum absolute atomic E-state index is 14.9. The number of carbonyl (C=O) groups is 3. The molecule has 3 saturated heterocycles. The molecule has 0 bridgehead atoms. The summed E-state index contributed by atoms with van der Waals surface area (Å²) in [5, 5.41) is 19.5. The van der Waals surface area contributed by atoms with Crippen molar-refractivity contribution in [2.75, 3.05) is 43.4 Å². The monoisotopic (exact) mass is 824 g/mol. The Bertz CT molecular complexity index is 2210. The minimum Gasteiger partial charge on any atom is -0.388 e. The molecule has 1 saturated carbocycles. The lowest BCUT2D eigenvalue weighted by molar-refractivity contribution is -0.133. The number of amides is 3. The van der Waals surface area contributed by atoms with E-state index in [0.29, 0.717) is 73.4 Å². The Labute approximate surface area is 348 Å². The van der Waals surface area contributed by atoms with Gasteiger partial charge in [0.05, 0.1) is 11.8 Å². The van der Waals surface area contributed by atoms with E-state index in [0.717, 1.165) is 50.7 Å². The Morgan fingerprint density at radius 2 is 1.67 bits per heavy atom. The van der Waals surface area contributed by atoms with Crippen LogP contribution in [0.25, 0.3) is 16.9 Å². The predicted octanol–water partition coefficient (Wildman–Crippen LogP) is 5.69. The van der Waals surface area contributed by atoms with Gasteiger partial charge in [0.25, 0.3) is 5.56 Å². The van der Waals surface area contributed by atoms with E-state index in [1.54, 1.807) is 47.5 Å². The van der Waals surface area contributed by atoms with Gasteiger partial charge in [-0.2, -0.15) is 0 Å². The van der Waals surface area contributed by atoms with Crippen LogP contribution in [0.5, 0.6) is 0 Å². The predicted molar refractivity (Wildman–Crippen MR) is 225 cm³/mol. The zero-order chi connectivity index (χ0) is 42.2. The number of carbonyl (C=O) groups excluding carboxylic acids is 3. The largest absolute Gasteiger partial charge is 0.388 e. The van der Waals surface area contributed by atoms with E-state index in [1.165, 1.54) is 36.1 Å². The molecule has 1 aliphatic carbocycles. The van der Waals surface area contributed by atoms with E-state index in [1.807, 2.05) is 19.1 Å². The first-order valence-corrected chi connectivity index (χ1v) is 21.1. The molecule has 1 unspecified atom stereocenters. The number of β-amino-alcohol motifs (C(OH)–C–C–N with tert-alkyl or cyclic N) is 1. The first-order valence-electron chi connectivity index (χ1n) is 21.1. The van der Waals surface area contributed by atoms with Crippen molar-refractivity contribution in [1.82, 2.24) is 29.7 Å². The van der Waals surface area contributed by atoms with Crippen LogP contribution in [0.15, 0.2) is 71.8 Å². The molecule has 4 aromatic rings. The highest BCUT2D eigenvalue weighted by molar-refractivity contribution is 6.01. The van der Waals surface area contributed by atoms with Gasteiger partial charge in [0.2, 0.25) is 24.2 Å². The SMILES string of the molecule is Cc1ccn(-c2cccc(-c3nc(NC4CCCCC4)ncc3F)c2)c(=O)c1.O=CN1CCC(O)(CN2CCC(c3ccc(NC4CCC(=O)NC4=O)cc3F)CC2)CC1. The highest BCUT2D eigenvalue weighted by atomic mass is 19.1. The molecule has 4 fully saturated rings. The van der Waals surface area contributed by atoms with Gasteiger partial charge in [0.1, 0.15) is 17.6 Å². The Balaban J connectivity index is 0.000000183. The molecule has 8 rings (SSSR count). The van der Waals surface area contributed by atoms with Crippen LogP contribution in [0.4, 0.5) is 20.4 Å². The molecule has 2 aromatic heterocycles. The maximum atomic E-state index is 14.9. The molecule has 13 nitrogen and oxygen atoms in total. The van der Waals surface area contributed by atoms with Crippen molar-refractivity contribution in [2.45, 2.75) is 101 Å². The van der Waals surface area contributed by atoms with Gasteiger partial charge < -0.3 is 25.5 Å². The van der Waals surface area contributed by atoms with Gasteiger partial charge in [-0.25, -0.2) is 18.7 Å². The van der Waals surface area contributed by atoms with Crippen LogP contribution in [0.1, 0.15) is 87.7 Å². The second kappa shape index (κ2) is 19.2. The fourth-order valence-electron chi connectivity index (χ4n) is 8.67. The van der Waals surface area contributed by atoms with Gasteiger partial charge in [-0.1, -0.05) is 37.5 Å². The van der Waals surface area contributed by atoms with Crippen LogP contribution in [-0.4, -0.2) is 98.1 Å². The van der Waals surface area contributed by atoms with Crippen LogP contribution >= 0.6 is 0 Å². The number of likely N-dealkylation sites (tertiary alicyclic amines) is 2. The topological polar surface area (TPSA) is 162 Å². The minimum atomic E-state index is -0.763. The van der Waals surface area contributed by atoms with E-state index in [9.17, 15) is 33.1 Å². The van der Waals surface area contributed by atoms with Gasteiger partial charge >= 0.3 is 0 Å². The number of hydrogen-bond acceptors (Lipinski definition) is 10. The number of nitrogens with zero attached hydrogens (tertiary/aromatic N) is 5. The van der Waals surface area contributed by atoms with E-state index in [-0.39, 0.29) is 41.2 Å². The molecular formula is C45H54F2N8O5. The number of rotatable bonds is 10. The first-order chi connectivity index (χ1) is 28.9. The Morgan fingerprint density at radius 3 is 2.37 bits per heavy atom. The lowest BCUT2D eigenvalue weighted by atomic mass is 9.86. The summed E-state index contributed by atoms with van der Waals surface area (Å²) in [7, 11) is 0. The molecule has 2 aromatic carbocycles. The molecule has 5 heterocycles. The number of benzene rings is 2. The zero-order valence-electron chi connectivity index (χ0n) is 34.0. The van der Waals surface area contributed by atoms with Gasteiger partial charge in [-0.05, 0) is 112 Å². The number of piperidine rings is 3. The molecule has 318 valence electrons. The van der Waals surface area contributed by atoms with Crippen LogP contribution in [0.3, 0.4) is 0 Å². The lowest BCUT2D eigenvalue weighted by Gasteiger charge is -2.42. The smallest absolute Gasteiger partial charge is 0.255 e. The standard InChI is InChI=1S/C23H31FN4O4.C22H23FN4O/c24-19-13-17(25-20-3-4-21(30)26-22(20)31)1-2-18(19)16-5-9-27(10-6-16)14-23(32)7-11-28(15-29)12-8-23;1-15-10-11-27(20(28)12-15)18-9-5-6-16(13-18)21-19(23)14-24-22(26-21)25-17-7-3-2-4-8-17/h1-2,13,15-16,20,25,32H,3-12,14H2,(H,26,30,31);5-6,9-14,17H,2-4,7-8H2,1H3,(H,24,25,26). The van der Waals surface area contributed by atoms with Crippen LogP contribution in [0, 0.1) is 18.6 Å². The van der Waals surface area contributed by atoms with Crippen LogP contribution in [0.2, 0.25) is 0 Å². The van der Waals surface area contributed by atoms with Crippen molar-refractivity contribution in [3.63, 3.8) is 0 Å². The van der Waals surface area contributed by atoms with E-state index < -0.39 is 17.5 Å². The fourth-order valence-corrected chi connectivity index (χ4v) is 8.67. The van der Waals surface area contributed by atoms with Gasteiger partial charge in [-0.3, -0.25) is 29.1 Å². The average molecular weight is 825 g/mol. The molecule has 3 aliphatic heterocycles. The first kappa shape index (κ1) is 42.6. The van der Waals surface area contributed by atoms with Crippen molar-refractivity contribution in [3.8, 4) is 16.9 Å². The third kappa shape index (κ3) is 10.8. The maximum Gasteiger partial charge on any atom is 0.255 e. The normalized spacial score (nSPS) is 20.1. The quantitative estimate of drug-likeness (QED) is 0.116. The average Bonchev–Trinajstić information content (AvgIpc) is 3.24. The van der Waals surface area contributed by atoms with Crippen molar-refractivity contribution < 1.29 is 28.3 Å². The summed E-state index contributed by atoms with van der Waals surface area (Å²) in [5.74, 6) is -0.872. The third-order valence-electron chi connectivity index (χ3n) is 12.2. The summed E-state index contributed by atoms with van der Waals surface area (Å²) < 4.78 is 30.9. The van der Waals surface area contributed by atoms with Crippen LogP contribution in [-0.2, 0) is 14.4 Å². The summed E-state index contributed by atoms with van der Waals surface area (Å²) in [5.41, 5.74) is 2.73. The second-order valence-corrected chi connectivity index (χ2v) is 16.6. The van der Waals surface area contributed by atoms with Crippen molar-refractivity contribution in [3.05, 3.63) is 100 Å². The number of aryl methyl sites for hydroxylation is 1. The summed E-state index contributed by atoms with van der Waals surface area (Å²) in [4.78, 5) is 58.8. The van der Waals surface area contributed by atoms with E-state index >= 15 is 0 Å². The fraction of sp³-hybridized carbons (Fsp3) is 0.467. The number of nitrogens with one attached hydrogen (secondary N) is 3. The van der Waals surface area contributed by atoms with Crippen molar-refractivity contribution >= 4 is 29.9 Å². The van der Waals surface area contributed by atoms with Gasteiger partial charge in [0, 0.05) is 61.3 Å². The number of aliphatic hydroxyl groups is 1. The Morgan fingerprint density at radius 1 is 0.900 bits per heavy atom. The van der Waals surface area contributed by atoms with Crippen molar-refractivity contribution in [1.29, 1.82) is 0 Å². The molecule has 0 radical (unpaired) electrons. The number of anilines is 2. The zero-order valence-corrected chi connectivity index (χ0v) is 34.0. The molecule has 4 aliphatic rings. The second-order valence-electron chi connectivity index (χ2n) is 16.6. The Hall–Kier alpha value is -5.54. The molecule has 0 spiro atoms. The van der Waals surface area contributed by atoms with Gasteiger partial charge in [-0.15, -0.1) is 0 Å². The summed E-state index contributed by atoms with van der Waals surface area (Å²) in [6, 6.07) is 15.4. The van der Waals surface area contributed by atoms with E-state index in [2.05, 4.69) is 30.8 Å². The summed E-state index contributed by atoms with van der Waals surface area (Å²) >= 11 is 0. The molecule has 60 heavy (non-hydrogen) atoms. The van der Waals surface area contributed by atoms with E-state index in [4.69, 9.17) is 0 Å². The third-order valence-corrected chi connectivity index (χ3v) is 12.2. The molecule has 3 amide bonds. The van der Waals surface area contributed by atoms with Crippen LogP contribution < -0.4 is 21.5 Å². The number of aromatic nitrogens is 3. The Kier molecular flexibility index (Phi) is 13.6. The number of halogens is 2. The molecule has 15 heteroatoms. The summed E-state index contributed by atoms with van der Waals surface area (Å²) in [6.07, 6.45) is 13.1. The molecular weight excluding hydrogens is 771 g/mol. The number of hydrogen-bond donors (Lipinski definition) is 4. The number of pyridine rings is 1.